The summed E-state index contributed by atoms with van der Waals surface area (Å²) in [7, 11) is 0.327. The average Bonchev–Trinajstić information content (AvgIpc) is 2.36. The van der Waals surface area contributed by atoms with Gasteiger partial charge in [-0.05, 0) is 42.8 Å². The summed E-state index contributed by atoms with van der Waals surface area (Å²) in [6.07, 6.45) is 0. The number of halogens is 2. The number of rotatable bonds is 4. The third-order valence-electron chi connectivity index (χ3n) is 2.36. The number of benzene rings is 2. The lowest BCUT2D eigenvalue weighted by atomic mass is 10.2. The van der Waals surface area contributed by atoms with Crippen molar-refractivity contribution in [1.82, 2.24) is 0 Å². The summed E-state index contributed by atoms with van der Waals surface area (Å²) in [6, 6.07) is 13.4. The molecule has 1 unspecified atom stereocenters. The number of hydrogen-bond donors (Lipinski definition) is 0. The number of ether oxygens (including phenoxy) is 1. The molecule has 0 saturated heterocycles. The number of hydrogen-bond acceptors (Lipinski definition) is 2. The van der Waals surface area contributed by atoms with Gasteiger partial charge in [0.25, 0.3) is 0 Å². The van der Waals surface area contributed by atoms with Crippen LogP contribution in [-0.4, -0.2) is 0 Å². The van der Waals surface area contributed by atoms with E-state index in [0.717, 1.165) is 11.3 Å². The lowest BCUT2D eigenvalue weighted by Gasteiger charge is -2.09. The molecule has 94 valence electrons. The number of aryl methyl sites for hydroxylation is 1. The largest absolute Gasteiger partial charge is 0.456 e. The molecule has 0 aliphatic rings. The van der Waals surface area contributed by atoms with Crippen molar-refractivity contribution in [3.05, 3.63) is 53.1 Å². The highest BCUT2D eigenvalue weighted by Crippen LogP contribution is 2.43. The molecule has 2 rings (SSSR count). The molecule has 0 aliphatic carbocycles. The van der Waals surface area contributed by atoms with Crippen molar-refractivity contribution in [3.8, 4) is 11.5 Å². The number of para-hydroxylation sites is 1. The van der Waals surface area contributed by atoms with Crippen molar-refractivity contribution in [2.75, 3.05) is 0 Å². The zero-order valence-electron chi connectivity index (χ0n) is 9.61. The lowest BCUT2D eigenvalue weighted by Crippen LogP contribution is -1.86. The molecular formula is C13H11Cl2OPS. The van der Waals surface area contributed by atoms with Crippen LogP contribution in [0.5, 0.6) is 11.5 Å². The fraction of sp³-hybridized carbons (Fsp3) is 0.0769. The highest BCUT2D eigenvalue weighted by molar-refractivity contribution is 8.56. The highest BCUT2D eigenvalue weighted by atomic mass is 35.7. The Morgan fingerprint density at radius 3 is 2.61 bits per heavy atom. The van der Waals surface area contributed by atoms with Crippen LogP contribution in [-0.2, 0) is 0 Å². The predicted molar refractivity (Wildman–Crippen MR) is 82.7 cm³/mol. The van der Waals surface area contributed by atoms with Gasteiger partial charge in [0.15, 0.2) is 0 Å². The smallest absolute Gasteiger partial charge is 0.146 e. The minimum absolute atomic E-state index is 0.327. The van der Waals surface area contributed by atoms with E-state index < -0.39 is 0 Å². The Hall–Kier alpha value is -0.400. The molecule has 1 nitrogen and oxygen atoms in total. The van der Waals surface area contributed by atoms with Crippen molar-refractivity contribution in [1.29, 1.82) is 0 Å². The molecule has 18 heavy (non-hydrogen) atoms. The van der Waals surface area contributed by atoms with Crippen LogP contribution in [0.25, 0.3) is 0 Å². The van der Waals surface area contributed by atoms with Crippen LogP contribution in [0.1, 0.15) is 5.56 Å². The topological polar surface area (TPSA) is 9.23 Å². The third-order valence-corrected chi connectivity index (χ3v) is 5.01. The first kappa shape index (κ1) is 14.0. The van der Waals surface area contributed by atoms with Gasteiger partial charge < -0.3 is 4.74 Å². The van der Waals surface area contributed by atoms with Gasteiger partial charge in [-0.3, -0.25) is 0 Å². The molecule has 0 aromatic heterocycles. The molecule has 0 spiro atoms. The maximum atomic E-state index is 6.05. The van der Waals surface area contributed by atoms with Crippen LogP contribution in [0.4, 0.5) is 0 Å². The first-order chi connectivity index (χ1) is 8.70. The normalized spacial score (nSPS) is 11.1. The standard InChI is InChI=1S/C13H11Cl2OPS/c1-9-8-10(6-7-13(9)18-17-15)16-12-5-3-2-4-11(12)14/h2-8,17H,1H3. The molecule has 0 bridgehead atoms. The maximum Gasteiger partial charge on any atom is 0.146 e. The minimum Gasteiger partial charge on any atom is -0.456 e. The molecule has 0 heterocycles. The monoisotopic (exact) mass is 316 g/mol. The van der Waals surface area contributed by atoms with E-state index in [1.165, 1.54) is 4.90 Å². The van der Waals surface area contributed by atoms with Crippen molar-refractivity contribution in [3.63, 3.8) is 0 Å². The molecule has 5 heteroatoms. The molecule has 0 radical (unpaired) electrons. The fourth-order valence-corrected chi connectivity index (χ4v) is 3.79. The summed E-state index contributed by atoms with van der Waals surface area (Å²) in [4.78, 5) is 1.18. The van der Waals surface area contributed by atoms with Gasteiger partial charge in [0.2, 0.25) is 0 Å². The summed E-state index contributed by atoms with van der Waals surface area (Å²) in [5.41, 5.74) is 1.15. The van der Waals surface area contributed by atoms with E-state index in [9.17, 15) is 0 Å². The second kappa shape index (κ2) is 6.68. The van der Waals surface area contributed by atoms with Crippen LogP contribution in [0.3, 0.4) is 0 Å². The first-order valence-corrected chi connectivity index (χ1v) is 9.19. The molecule has 0 aliphatic heterocycles. The first-order valence-electron chi connectivity index (χ1n) is 5.26. The summed E-state index contributed by atoms with van der Waals surface area (Å²) in [5, 5.41) is 0.607. The van der Waals surface area contributed by atoms with E-state index in [1.54, 1.807) is 11.4 Å². The SMILES string of the molecule is Cc1cc(Oc2ccccc2Cl)ccc1SPCl. The molecule has 0 fully saturated rings. The van der Waals surface area contributed by atoms with E-state index in [-0.39, 0.29) is 0 Å². The predicted octanol–water partition coefficient (Wildman–Crippen LogP) is 6.28. The second-order valence-corrected chi connectivity index (χ2v) is 7.31. The Balaban J connectivity index is 2.20. The Morgan fingerprint density at radius 2 is 1.94 bits per heavy atom. The third kappa shape index (κ3) is 3.55. The summed E-state index contributed by atoms with van der Waals surface area (Å²) in [6.45, 7) is 2.04. The van der Waals surface area contributed by atoms with Crippen molar-refractivity contribution < 1.29 is 4.74 Å². The molecular weight excluding hydrogens is 306 g/mol. The molecule has 2 aromatic rings. The Labute approximate surface area is 122 Å². The highest BCUT2D eigenvalue weighted by Gasteiger charge is 2.04. The summed E-state index contributed by atoms with van der Waals surface area (Å²) < 4.78 is 5.75. The Bertz CT molecular complexity index is 548. The van der Waals surface area contributed by atoms with E-state index in [2.05, 4.69) is 0 Å². The summed E-state index contributed by atoms with van der Waals surface area (Å²) in [5.74, 6) is 1.45. The van der Waals surface area contributed by atoms with Crippen LogP contribution in [0.2, 0.25) is 5.02 Å². The van der Waals surface area contributed by atoms with E-state index in [1.807, 2.05) is 49.4 Å². The van der Waals surface area contributed by atoms with Crippen LogP contribution >= 0.6 is 41.4 Å². The van der Waals surface area contributed by atoms with Gasteiger partial charge in [-0.2, -0.15) is 0 Å². The second-order valence-electron chi connectivity index (χ2n) is 3.64. The zero-order chi connectivity index (χ0) is 13.0. The van der Waals surface area contributed by atoms with Crippen LogP contribution in [0.15, 0.2) is 47.4 Å². The van der Waals surface area contributed by atoms with Gasteiger partial charge in [-0.15, -0.1) is 0 Å². The summed E-state index contributed by atoms with van der Waals surface area (Å²) >= 11 is 13.4. The minimum atomic E-state index is 0.327. The van der Waals surface area contributed by atoms with E-state index >= 15 is 0 Å². The molecule has 0 amide bonds. The van der Waals surface area contributed by atoms with E-state index in [4.69, 9.17) is 27.6 Å². The van der Waals surface area contributed by atoms with Crippen molar-refractivity contribution in [2.24, 2.45) is 0 Å². The Kier molecular flexibility index (Phi) is 5.20. The molecule has 2 aromatic carbocycles. The zero-order valence-corrected chi connectivity index (χ0v) is 12.9. The Morgan fingerprint density at radius 1 is 1.17 bits per heavy atom. The van der Waals surface area contributed by atoms with Gasteiger partial charge in [0, 0.05) is 12.0 Å². The molecule has 0 N–H and O–H groups in total. The van der Waals surface area contributed by atoms with Crippen molar-refractivity contribution in [2.45, 2.75) is 11.8 Å². The van der Waals surface area contributed by atoms with Crippen LogP contribution in [0, 0.1) is 6.92 Å². The van der Waals surface area contributed by atoms with Gasteiger partial charge in [0.1, 0.15) is 11.5 Å². The van der Waals surface area contributed by atoms with Gasteiger partial charge in [-0.1, -0.05) is 46.4 Å². The molecule has 1 atom stereocenters. The molecule has 0 saturated carbocycles. The average molecular weight is 317 g/mol. The van der Waals surface area contributed by atoms with Gasteiger partial charge in [0.05, 0.1) is 5.02 Å². The van der Waals surface area contributed by atoms with Crippen molar-refractivity contribution >= 4 is 41.4 Å². The lowest BCUT2D eigenvalue weighted by molar-refractivity contribution is 0.482. The maximum absolute atomic E-state index is 6.05. The quantitative estimate of drug-likeness (QED) is 0.614. The van der Waals surface area contributed by atoms with Crippen LogP contribution < -0.4 is 4.74 Å². The van der Waals surface area contributed by atoms with E-state index in [0.29, 0.717) is 17.9 Å². The van der Waals surface area contributed by atoms with Gasteiger partial charge in [-0.25, -0.2) is 0 Å². The van der Waals surface area contributed by atoms with Gasteiger partial charge >= 0.3 is 0 Å². The fourth-order valence-electron chi connectivity index (χ4n) is 1.50.